The first kappa shape index (κ1) is 9.55. The smallest absolute Gasteiger partial charge is 0.0869 e. The van der Waals surface area contributed by atoms with Crippen LogP contribution in [0.4, 0.5) is 0 Å². The van der Waals surface area contributed by atoms with Crippen LogP contribution in [0.1, 0.15) is 5.56 Å². The molecule has 0 aliphatic carbocycles. The Hall–Kier alpha value is -1.000. The van der Waals surface area contributed by atoms with E-state index in [1.165, 1.54) is 0 Å². The van der Waals surface area contributed by atoms with Crippen molar-refractivity contribution in [2.24, 2.45) is 5.73 Å². The summed E-state index contributed by atoms with van der Waals surface area (Å²) >= 11 is 3.40. The Kier molecular flexibility index (Phi) is 2.48. The lowest BCUT2D eigenvalue weighted by molar-refractivity contribution is 0.199. The zero-order valence-electron chi connectivity index (χ0n) is 7.57. The summed E-state index contributed by atoms with van der Waals surface area (Å²) in [6, 6.07) is 5.77. The number of benzene rings is 1. The third-order valence-corrected chi connectivity index (χ3v) is 2.74. The van der Waals surface area contributed by atoms with Gasteiger partial charge >= 0.3 is 0 Å². The van der Waals surface area contributed by atoms with Crippen LogP contribution in [-0.4, -0.2) is 16.5 Å². The lowest BCUT2D eigenvalue weighted by atomic mass is 10.1. The van der Waals surface area contributed by atoms with E-state index in [2.05, 4.69) is 15.9 Å². The third kappa shape index (κ3) is 1.51. The van der Waals surface area contributed by atoms with Gasteiger partial charge in [0, 0.05) is 16.1 Å². The Morgan fingerprint density at radius 1 is 1.43 bits per heavy atom. The molecule has 0 fully saturated rings. The predicted molar refractivity (Wildman–Crippen MR) is 59.6 cm³/mol. The van der Waals surface area contributed by atoms with Crippen molar-refractivity contribution >= 4 is 26.8 Å². The second-order valence-corrected chi connectivity index (χ2v) is 4.11. The highest BCUT2D eigenvalue weighted by Gasteiger charge is 2.07. The lowest BCUT2D eigenvalue weighted by Crippen LogP contribution is -2.01. The van der Waals surface area contributed by atoms with Crippen molar-refractivity contribution in [3.63, 3.8) is 0 Å². The molecule has 4 heteroatoms. The largest absolute Gasteiger partial charge is 0.428 e. The molecule has 1 aromatic heterocycles. The predicted octanol–water partition coefficient (Wildman–Crippen LogP) is 2.14. The van der Waals surface area contributed by atoms with Gasteiger partial charge in [-0.25, -0.2) is 0 Å². The van der Waals surface area contributed by atoms with Gasteiger partial charge in [0.25, 0.3) is 0 Å². The van der Waals surface area contributed by atoms with Gasteiger partial charge in [-0.05, 0) is 36.7 Å². The van der Waals surface area contributed by atoms with E-state index in [9.17, 15) is 5.21 Å². The number of aromatic nitrogens is 1. The van der Waals surface area contributed by atoms with Crippen LogP contribution in [0.5, 0.6) is 0 Å². The summed E-state index contributed by atoms with van der Waals surface area (Å²) in [5, 5.41) is 10.6. The topological polar surface area (TPSA) is 51.2 Å². The fourth-order valence-electron chi connectivity index (χ4n) is 1.61. The Morgan fingerprint density at radius 3 is 2.93 bits per heavy atom. The van der Waals surface area contributed by atoms with Gasteiger partial charge in [0.05, 0.1) is 5.52 Å². The summed E-state index contributed by atoms with van der Waals surface area (Å²) in [5.74, 6) is 0. The van der Waals surface area contributed by atoms with Crippen molar-refractivity contribution in [3.8, 4) is 0 Å². The second kappa shape index (κ2) is 3.63. The van der Waals surface area contributed by atoms with Gasteiger partial charge in [0.15, 0.2) is 0 Å². The molecule has 0 amide bonds. The molecule has 2 rings (SSSR count). The van der Waals surface area contributed by atoms with Crippen molar-refractivity contribution in [3.05, 3.63) is 34.4 Å². The quantitative estimate of drug-likeness (QED) is 0.808. The maximum Gasteiger partial charge on any atom is 0.0869 e. The highest BCUT2D eigenvalue weighted by Crippen LogP contribution is 2.24. The molecular weight excluding hydrogens is 244 g/mol. The molecule has 3 N–H and O–H groups in total. The highest BCUT2D eigenvalue weighted by atomic mass is 79.9. The molecule has 0 saturated carbocycles. The number of hydrogen-bond donors (Lipinski definition) is 2. The van der Waals surface area contributed by atoms with Gasteiger partial charge in [0.1, 0.15) is 0 Å². The minimum Gasteiger partial charge on any atom is -0.428 e. The summed E-state index contributed by atoms with van der Waals surface area (Å²) in [6.45, 7) is 0.589. The van der Waals surface area contributed by atoms with E-state index in [0.717, 1.165) is 32.1 Å². The average molecular weight is 255 g/mol. The maximum atomic E-state index is 9.57. The van der Waals surface area contributed by atoms with Gasteiger partial charge in [-0.15, -0.1) is 0 Å². The average Bonchev–Trinajstić information content (AvgIpc) is 2.44. The molecule has 0 unspecified atom stereocenters. The number of rotatable bonds is 2. The van der Waals surface area contributed by atoms with Gasteiger partial charge in [-0.1, -0.05) is 15.9 Å². The fourth-order valence-corrected chi connectivity index (χ4v) is 1.97. The van der Waals surface area contributed by atoms with Crippen molar-refractivity contribution in [2.75, 3.05) is 6.54 Å². The molecule has 74 valence electrons. The number of hydrogen-bond acceptors (Lipinski definition) is 2. The second-order valence-electron chi connectivity index (χ2n) is 3.20. The zero-order valence-corrected chi connectivity index (χ0v) is 9.16. The van der Waals surface area contributed by atoms with Crippen molar-refractivity contribution in [2.45, 2.75) is 6.42 Å². The SMILES string of the molecule is NCCc1cn(O)c2ccc(Br)cc12. The molecule has 1 aromatic carbocycles. The molecular formula is C10H11BrN2O. The van der Waals surface area contributed by atoms with Crippen LogP contribution in [0.3, 0.4) is 0 Å². The van der Waals surface area contributed by atoms with Crippen LogP contribution < -0.4 is 5.73 Å². The van der Waals surface area contributed by atoms with E-state index in [1.807, 2.05) is 18.2 Å². The molecule has 0 atom stereocenters. The van der Waals surface area contributed by atoms with E-state index in [0.29, 0.717) is 6.54 Å². The molecule has 0 aliphatic rings. The molecule has 1 heterocycles. The van der Waals surface area contributed by atoms with Gasteiger partial charge in [-0.3, -0.25) is 0 Å². The first-order valence-corrected chi connectivity index (χ1v) is 5.20. The molecule has 0 saturated heterocycles. The molecule has 3 nitrogen and oxygen atoms in total. The zero-order chi connectivity index (χ0) is 10.1. The first-order chi connectivity index (χ1) is 6.72. The van der Waals surface area contributed by atoms with E-state index in [1.54, 1.807) is 6.20 Å². The number of fused-ring (bicyclic) bond motifs is 1. The van der Waals surface area contributed by atoms with Crippen LogP contribution in [-0.2, 0) is 6.42 Å². The van der Waals surface area contributed by atoms with Crippen LogP contribution in [0.2, 0.25) is 0 Å². The van der Waals surface area contributed by atoms with Crippen molar-refractivity contribution in [1.29, 1.82) is 0 Å². The van der Waals surface area contributed by atoms with E-state index < -0.39 is 0 Å². The third-order valence-electron chi connectivity index (χ3n) is 2.24. The van der Waals surface area contributed by atoms with E-state index >= 15 is 0 Å². The fraction of sp³-hybridized carbons (Fsp3) is 0.200. The molecule has 2 aromatic rings. The summed E-state index contributed by atoms with van der Waals surface area (Å²) in [6.07, 6.45) is 2.49. The Bertz CT molecular complexity index is 464. The van der Waals surface area contributed by atoms with Crippen LogP contribution in [0.25, 0.3) is 10.9 Å². The summed E-state index contributed by atoms with van der Waals surface area (Å²) in [7, 11) is 0. The number of nitrogens with two attached hydrogens (primary N) is 1. The monoisotopic (exact) mass is 254 g/mol. The maximum absolute atomic E-state index is 9.57. The van der Waals surface area contributed by atoms with Crippen molar-refractivity contribution in [1.82, 2.24) is 4.73 Å². The minimum atomic E-state index is 0.589. The Balaban J connectivity index is 2.66. The van der Waals surface area contributed by atoms with Gasteiger partial charge in [0.2, 0.25) is 0 Å². The van der Waals surface area contributed by atoms with E-state index in [4.69, 9.17) is 5.73 Å². The minimum absolute atomic E-state index is 0.589. The van der Waals surface area contributed by atoms with Crippen LogP contribution in [0.15, 0.2) is 28.9 Å². The molecule has 14 heavy (non-hydrogen) atoms. The highest BCUT2D eigenvalue weighted by molar-refractivity contribution is 9.10. The summed E-state index contributed by atoms with van der Waals surface area (Å²) in [5.41, 5.74) is 7.39. The Morgan fingerprint density at radius 2 is 2.21 bits per heavy atom. The molecule has 0 aliphatic heterocycles. The lowest BCUT2D eigenvalue weighted by Gasteiger charge is -1.96. The summed E-state index contributed by atoms with van der Waals surface area (Å²) < 4.78 is 2.15. The number of halogens is 1. The van der Waals surface area contributed by atoms with Crippen LogP contribution >= 0.6 is 15.9 Å². The standard InChI is InChI=1S/C10H11BrN2O/c11-8-1-2-10-9(5-8)7(3-4-12)6-13(10)14/h1-2,5-6,14H,3-4,12H2. The van der Waals surface area contributed by atoms with Gasteiger partial charge in [-0.2, -0.15) is 4.73 Å². The first-order valence-electron chi connectivity index (χ1n) is 4.41. The van der Waals surface area contributed by atoms with E-state index in [-0.39, 0.29) is 0 Å². The molecule has 0 radical (unpaired) electrons. The molecule has 0 spiro atoms. The van der Waals surface area contributed by atoms with Crippen molar-refractivity contribution < 1.29 is 5.21 Å². The normalized spacial score (nSPS) is 11.0. The Labute approximate surface area is 90.2 Å². The van der Waals surface area contributed by atoms with Gasteiger partial charge < -0.3 is 10.9 Å². The van der Waals surface area contributed by atoms with Crippen LogP contribution in [0, 0.1) is 0 Å². The summed E-state index contributed by atoms with van der Waals surface area (Å²) in [4.78, 5) is 0. The number of nitrogens with zero attached hydrogens (tertiary/aromatic N) is 1. The molecule has 0 bridgehead atoms.